The molecule has 0 aromatic rings. The van der Waals surface area contributed by atoms with Crippen LogP contribution in [0.15, 0.2) is 146 Å². The lowest BCUT2D eigenvalue weighted by Gasteiger charge is -2.48. The zero-order chi connectivity index (χ0) is 84.5. The number of rotatable bonds is 74. The summed E-state index contributed by atoms with van der Waals surface area (Å²) in [6.07, 6.45) is 84.2. The van der Waals surface area contributed by atoms with Gasteiger partial charge in [-0.05, 0) is 109 Å². The highest BCUT2D eigenvalue weighted by Crippen LogP contribution is 2.33. The molecule has 0 saturated carbocycles. The van der Waals surface area contributed by atoms with Gasteiger partial charge in [0, 0.05) is 6.42 Å². The van der Waals surface area contributed by atoms with Gasteiger partial charge in [-0.1, -0.05) is 365 Å². The van der Waals surface area contributed by atoms with Crippen LogP contribution in [0.3, 0.4) is 0 Å². The van der Waals surface area contributed by atoms with E-state index in [0.29, 0.717) is 12.8 Å². The van der Waals surface area contributed by atoms with Crippen LogP contribution in [0.4, 0.5) is 0 Å². The highest BCUT2D eigenvalue weighted by atomic mass is 16.8. The maximum atomic E-state index is 13.5. The lowest BCUT2D eigenvalue weighted by atomic mass is 9.96. The van der Waals surface area contributed by atoms with Crippen molar-refractivity contribution in [2.24, 2.45) is 0 Å². The van der Waals surface area contributed by atoms with E-state index in [4.69, 9.17) is 28.4 Å². The first kappa shape index (κ1) is 107. The summed E-state index contributed by atoms with van der Waals surface area (Å²) in [5.74, 6) is -0.292. The molecule has 0 aliphatic carbocycles. The van der Waals surface area contributed by atoms with Crippen LogP contribution in [-0.4, -0.2) is 193 Å². The number of unbranched alkanes of at least 4 members (excludes halogenated alkanes) is 36. The van der Waals surface area contributed by atoms with Gasteiger partial charge in [-0.15, -0.1) is 0 Å². The van der Waals surface area contributed by atoms with Crippen molar-refractivity contribution in [3.05, 3.63) is 146 Å². The smallest absolute Gasteiger partial charge is 0.220 e. The van der Waals surface area contributed by atoms with Crippen LogP contribution in [0.1, 0.15) is 335 Å². The van der Waals surface area contributed by atoms with Crippen LogP contribution in [-0.2, 0) is 33.2 Å². The summed E-state index contributed by atoms with van der Waals surface area (Å²) in [5, 5.41) is 121. The van der Waals surface area contributed by atoms with Gasteiger partial charge in [0.05, 0.1) is 38.6 Å². The van der Waals surface area contributed by atoms with E-state index in [1.165, 1.54) is 186 Å². The lowest BCUT2D eigenvalue weighted by molar-refractivity contribution is -0.379. The molecular formula is C98H167NO18. The van der Waals surface area contributed by atoms with E-state index in [9.17, 15) is 61.0 Å². The van der Waals surface area contributed by atoms with Crippen LogP contribution < -0.4 is 5.32 Å². The summed E-state index contributed by atoms with van der Waals surface area (Å²) < 4.78 is 34.5. The first-order valence-corrected chi connectivity index (χ1v) is 46.6. The average Bonchev–Trinajstić information content (AvgIpc) is 0.778. The van der Waals surface area contributed by atoms with Crippen molar-refractivity contribution in [3.63, 3.8) is 0 Å². The summed E-state index contributed by atoms with van der Waals surface area (Å²) in [5.41, 5.74) is 0. The predicted octanol–water partition coefficient (Wildman–Crippen LogP) is 18.5. The van der Waals surface area contributed by atoms with E-state index in [2.05, 4.69) is 153 Å². The first-order chi connectivity index (χ1) is 57.3. The SMILES string of the molecule is CC/C=C\C/C=C\C/C=C\C/C=C\C/C=C\C/C=C\C/C=C\C/C=C\C/C=C\C/C=C\CCCCCCCCCCCCC(=O)NC(COC1OC(CO)C(OC2OC(CO)C(OC3OC(CO)C(O)C(O)C3O)C(O)C2O)C(O)C1O)C(O)/C=C/CC/C=C/CCCCCCCCCCCCCCCCCCCCCCCCCCC. The quantitative estimate of drug-likeness (QED) is 0.0199. The Morgan fingerprint density at radius 2 is 0.598 bits per heavy atom. The number of aliphatic hydroxyl groups excluding tert-OH is 11. The summed E-state index contributed by atoms with van der Waals surface area (Å²) in [4.78, 5) is 13.5. The van der Waals surface area contributed by atoms with E-state index in [1.807, 2.05) is 6.08 Å². The van der Waals surface area contributed by atoms with Gasteiger partial charge in [-0.3, -0.25) is 4.79 Å². The molecule has 672 valence electrons. The largest absolute Gasteiger partial charge is 0.394 e. The van der Waals surface area contributed by atoms with Crippen LogP contribution in [0.2, 0.25) is 0 Å². The second kappa shape index (κ2) is 75.4. The molecule has 0 radical (unpaired) electrons. The average molecular weight is 1650 g/mol. The molecule has 0 aromatic carbocycles. The van der Waals surface area contributed by atoms with Crippen LogP contribution >= 0.6 is 0 Å². The Kier molecular flexibility index (Phi) is 68.9. The molecule has 3 aliphatic heterocycles. The molecule has 3 aliphatic rings. The molecule has 3 fully saturated rings. The topological polar surface area (TPSA) is 307 Å². The van der Waals surface area contributed by atoms with E-state index < -0.39 is 124 Å². The van der Waals surface area contributed by atoms with Gasteiger partial charge in [0.1, 0.15) is 73.2 Å². The van der Waals surface area contributed by atoms with Gasteiger partial charge in [0.25, 0.3) is 0 Å². The highest BCUT2D eigenvalue weighted by Gasteiger charge is 2.54. The predicted molar refractivity (Wildman–Crippen MR) is 475 cm³/mol. The maximum absolute atomic E-state index is 13.5. The Hall–Kier alpha value is -4.33. The minimum atomic E-state index is -1.99. The standard InChI is InChI=1S/C98H167NO18/c1-3-5-7-9-11-13-15-17-19-21-23-25-27-29-31-33-35-36-37-38-39-40-41-42-43-44-46-48-50-52-54-56-58-60-62-64-66-68-70-72-74-76-86(104)99-81(82(103)75-73-71-69-67-65-63-61-59-57-55-53-51-49-47-45-34-32-30-28-26-24-22-20-18-16-14-12-10-8-6-4-2)80-112-96-92(110)89(107)94(84(78-101)114-96)117-98-93(111)90(108)95(85(79-102)115-98)116-97-91(109)88(106)87(105)83(77-100)113-97/h5,7,11,13,17,19,23,25,29,31,35-36,38-39,41-42,44,46,50,52,65,67,73,75,81-85,87-98,100-103,105-111H,3-4,6,8-10,12,14-16,18,20-22,24,26-28,30,32-34,37,40,43,45,47-49,51,53-64,66,68-72,74,76-80H2,1-2H3,(H,99,104)/b7-5-,13-11-,19-17-,25-23-,31-29-,36-35-,39-38-,42-41-,46-44-,52-50-,67-65+,75-73+. The van der Waals surface area contributed by atoms with Crippen LogP contribution in [0.5, 0.6) is 0 Å². The number of aliphatic hydroxyl groups is 11. The fourth-order valence-electron chi connectivity index (χ4n) is 14.8. The summed E-state index contributed by atoms with van der Waals surface area (Å²) in [7, 11) is 0. The minimum absolute atomic E-state index is 0.222. The number of allylic oxidation sites excluding steroid dienone is 23. The van der Waals surface area contributed by atoms with Crippen molar-refractivity contribution < 1.29 is 89.4 Å². The molecule has 12 N–H and O–H groups in total. The van der Waals surface area contributed by atoms with Crippen molar-refractivity contribution in [3.8, 4) is 0 Å². The Bertz CT molecular complexity index is 2680. The summed E-state index contributed by atoms with van der Waals surface area (Å²) >= 11 is 0. The molecule has 0 bridgehead atoms. The van der Waals surface area contributed by atoms with Crippen LogP contribution in [0.25, 0.3) is 0 Å². The molecule has 117 heavy (non-hydrogen) atoms. The molecule has 3 saturated heterocycles. The molecule has 17 atom stereocenters. The van der Waals surface area contributed by atoms with Gasteiger partial charge in [-0.25, -0.2) is 0 Å². The number of amides is 1. The van der Waals surface area contributed by atoms with E-state index in [0.717, 1.165) is 116 Å². The first-order valence-electron chi connectivity index (χ1n) is 46.6. The van der Waals surface area contributed by atoms with Gasteiger partial charge >= 0.3 is 0 Å². The molecule has 0 aromatic heterocycles. The van der Waals surface area contributed by atoms with Gasteiger partial charge in [-0.2, -0.15) is 0 Å². The lowest BCUT2D eigenvalue weighted by Crippen LogP contribution is -2.66. The van der Waals surface area contributed by atoms with Crippen molar-refractivity contribution in [2.45, 2.75) is 439 Å². The van der Waals surface area contributed by atoms with E-state index in [1.54, 1.807) is 6.08 Å². The third kappa shape index (κ3) is 53.3. The molecular weight excluding hydrogens is 1480 g/mol. The number of carbonyl (C=O) groups excluding carboxylic acids is 1. The zero-order valence-corrected chi connectivity index (χ0v) is 72.6. The van der Waals surface area contributed by atoms with Gasteiger partial charge < -0.3 is 89.9 Å². The summed E-state index contributed by atoms with van der Waals surface area (Å²) in [6.45, 7) is 1.63. The maximum Gasteiger partial charge on any atom is 0.220 e. The molecule has 3 heterocycles. The van der Waals surface area contributed by atoms with Crippen LogP contribution in [0, 0.1) is 0 Å². The molecule has 0 spiro atoms. The number of hydrogen-bond donors (Lipinski definition) is 12. The molecule has 1 amide bonds. The van der Waals surface area contributed by atoms with Gasteiger partial charge in [0.2, 0.25) is 5.91 Å². The minimum Gasteiger partial charge on any atom is -0.394 e. The highest BCUT2D eigenvalue weighted by molar-refractivity contribution is 5.76. The van der Waals surface area contributed by atoms with Gasteiger partial charge in [0.15, 0.2) is 18.9 Å². The molecule has 19 nitrogen and oxygen atoms in total. The Morgan fingerprint density at radius 3 is 0.957 bits per heavy atom. The molecule has 17 unspecified atom stereocenters. The monoisotopic (exact) mass is 1650 g/mol. The third-order valence-electron chi connectivity index (χ3n) is 22.1. The van der Waals surface area contributed by atoms with Crippen molar-refractivity contribution in [1.29, 1.82) is 0 Å². The van der Waals surface area contributed by atoms with E-state index >= 15 is 0 Å². The fourth-order valence-corrected chi connectivity index (χ4v) is 14.8. The molecule has 3 rings (SSSR count). The van der Waals surface area contributed by atoms with E-state index in [-0.39, 0.29) is 18.9 Å². The number of hydrogen-bond acceptors (Lipinski definition) is 18. The molecule has 19 heteroatoms. The number of ether oxygens (including phenoxy) is 6. The summed E-state index contributed by atoms with van der Waals surface area (Å²) in [6, 6.07) is -1.00. The number of carbonyl (C=O) groups is 1. The van der Waals surface area contributed by atoms with Crippen molar-refractivity contribution in [1.82, 2.24) is 5.32 Å². The third-order valence-corrected chi connectivity index (χ3v) is 22.1. The van der Waals surface area contributed by atoms with Crippen molar-refractivity contribution >= 4 is 5.91 Å². The Balaban J connectivity index is 1.33. The van der Waals surface area contributed by atoms with Crippen molar-refractivity contribution in [2.75, 3.05) is 26.4 Å². The fraction of sp³-hybridized carbons (Fsp3) is 0.745. The second-order valence-electron chi connectivity index (χ2n) is 32.4. The Morgan fingerprint density at radius 1 is 0.316 bits per heavy atom. The second-order valence-corrected chi connectivity index (χ2v) is 32.4. The number of nitrogens with one attached hydrogen (secondary N) is 1. The Labute approximate surface area is 708 Å². The zero-order valence-electron chi connectivity index (χ0n) is 72.6. The normalized spacial score (nSPS) is 25.1.